The van der Waals surface area contributed by atoms with Gasteiger partial charge in [-0.1, -0.05) is 49.6 Å². The molecular weight excluding hydrogens is 211 g/mol. The average molecular weight is 230 g/mol. The molecule has 0 amide bonds. The highest BCUT2D eigenvalue weighted by molar-refractivity contribution is 5.70. The van der Waals surface area contributed by atoms with E-state index in [1.54, 1.807) is 12.2 Å². The van der Waals surface area contributed by atoms with Crippen molar-refractivity contribution in [1.29, 1.82) is 0 Å². The Labute approximate surface area is 103 Å². The molecule has 0 atom stereocenters. The minimum atomic E-state index is -1.56. The van der Waals surface area contributed by atoms with E-state index in [0.29, 0.717) is 22.3 Å². The topological polar surface area (TPSA) is 0 Å². The first-order valence-corrected chi connectivity index (χ1v) is 5.51. The lowest BCUT2D eigenvalue weighted by atomic mass is 9.94. The number of hydrogen-bond acceptors (Lipinski definition) is 0. The van der Waals surface area contributed by atoms with Gasteiger partial charge in [0.25, 0.3) is 0 Å². The molecule has 0 heterocycles. The van der Waals surface area contributed by atoms with Gasteiger partial charge in [0.2, 0.25) is 0 Å². The predicted molar refractivity (Wildman–Crippen MR) is 73.6 cm³/mol. The van der Waals surface area contributed by atoms with E-state index >= 15 is 0 Å². The molecule has 1 aliphatic rings. The maximum absolute atomic E-state index is 14.8. The summed E-state index contributed by atoms with van der Waals surface area (Å²) >= 11 is 0. The molecule has 0 N–H and O–H groups in total. The van der Waals surface area contributed by atoms with Crippen LogP contribution in [0.25, 0.3) is 0 Å². The van der Waals surface area contributed by atoms with Crippen molar-refractivity contribution in [2.45, 2.75) is 26.4 Å². The van der Waals surface area contributed by atoms with Gasteiger partial charge in [0.15, 0.2) is 5.67 Å². The van der Waals surface area contributed by atoms with Gasteiger partial charge in [0.1, 0.15) is 0 Å². The van der Waals surface area contributed by atoms with E-state index in [9.17, 15) is 4.39 Å². The average Bonchev–Trinajstić information content (AvgIpc) is 2.31. The van der Waals surface area contributed by atoms with Crippen LogP contribution in [0.5, 0.6) is 0 Å². The standard InChI is InChI=1S/C16H19F/c1-10(2)8-14-12(5)13(6)15(9-11(3)4)16(14,7)17/h8-9H,1,3,5-6H2,2,4,7H3/b14-8+,15-9+. The van der Waals surface area contributed by atoms with Crippen LogP contribution in [0.3, 0.4) is 0 Å². The highest BCUT2D eigenvalue weighted by Crippen LogP contribution is 2.49. The Hall–Kier alpha value is -1.63. The van der Waals surface area contributed by atoms with Crippen molar-refractivity contribution in [3.8, 4) is 0 Å². The van der Waals surface area contributed by atoms with E-state index in [4.69, 9.17) is 0 Å². The van der Waals surface area contributed by atoms with Gasteiger partial charge in [0.05, 0.1) is 0 Å². The molecule has 0 nitrogen and oxygen atoms in total. The SMILES string of the molecule is C=C(C)/C=C1\C(=C)C(=C)/C(=C\C(=C)C)C1(C)F. The summed E-state index contributed by atoms with van der Waals surface area (Å²) in [6.07, 6.45) is 3.46. The summed E-state index contributed by atoms with van der Waals surface area (Å²) in [7, 11) is 0. The van der Waals surface area contributed by atoms with Crippen molar-refractivity contribution in [1.82, 2.24) is 0 Å². The highest BCUT2D eigenvalue weighted by Gasteiger charge is 2.43. The quantitative estimate of drug-likeness (QED) is 0.636. The van der Waals surface area contributed by atoms with Crippen LogP contribution in [0, 0.1) is 0 Å². The minimum absolute atomic E-state index is 0.544. The normalized spacial score (nSPS) is 23.5. The number of rotatable bonds is 2. The molecule has 0 radical (unpaired) electrons. The fourth-order valence-corrected chi connectivity index (χ4v) is 1.98. The van der Waals surface area contributed by atoms with Gasteiger partial charge in [-0.05, 0) is 31.9 Å². The van der Waals surface area contributed by atoms with Crippen LogP contribution in [0.4, 0.5) is 4.39 Å². The molecule has 0 aliphatic heterocycles. The number of halogens is 1. The van der Waals surface area contributed by atoms with Gasteiger partial charge in [-0.15, -0.1) is 0 Å². The summed E-state index contributed by atoms with van der Waals surface area (Å²) in [5, 5.41) is 0. The fourth-order valence-electron chi connectivity index (χ4n) is 1.98. The molecule has 0 aromatic carbocycles. The third-order valence-corrected chi connectivity index (χ3v) is 2.81. The van der Waals surface area contributed by atoms with Gasteiger partial charge in [0, 0.05) is 11.1 Å². The molecule has 17 heavy (non-hydrogen) atoms. The first kappa shape index (κ1) is 13.4. The number of alkyl halides is 1. The molecule has 90 valence electrons. The smallest absolute Gasteiger partial charge is 0.159 e. The Balaban J connectivity index is 3.43. The zero-order valence-corrected chi connectivity index (χ0v) is 10.9. The van der Waals surface area contributed by atoms with Crippen LogP contribution in [0.2, 0.25) is 0 Å². The Morgan fingerprint density at radius 3 is 1.53 bits per heavy atom. The predicted octanol–water partition coefficient (Wildman–Crippen LogP) is 4.85. The summed E-state index contributed by atoms with van der Waals surface area (Å²) in [5.74, 6) is 0. The van der Waals surface area contributed by atoms with Crippen molar-refractivity contribution < 1.29 is 4.39 Å². The first-order chi connectivity index (χ1) is 7.67. The Bertz CT molecular complexity index is 438. The van der Waals surface area contributed by atoms with Crippen LogP contribution in [-0.2, 0) is 0 Å². The van der Waals surface area contributed by atoms with Crippen molar-refractivity contribution >= 4 is 0 Å². The van der Waals surface area contributed by atoms with Gasteiger partial charge in [-0.2, -0.15) is 0 Å². The molecule has 0 saturated heterocycles. The van der Waals surface area contributed by atoms with Crippen LogP contribution < -0.4 is 0 Å². The second-order valence-electron chi connectivity index (χ2n) is 4.77. The highest BCUT2D eigenvalue weighted by atomic mass is 19.1. The van der Waals surface area contributed by atoms with Crippen LogP contribution >= 0.6 is 0 Å². The lowest BCUT2D eigenvalue weighted by molar-refractivity contribution is 0.308. The molecule has 1 fully saturated rings. The molecule has 1 aliphatic carbocycles. The fraction of sp³-hybridized carbons (Fsp3) is 0.250. The number of hydrogen-bond donors (Lipinski definition) is 0. The van der Waals surface area contributed by atoms with E-state index in [1.165, 1.54) is 6.92 Å². The van der Waals surface area contributed by atoms with Gasteiger partial charge >= 0.3 is 0 Å². The summed E-state index contributed by atoms with van der Waals surface area (Å²) in [6.45, 7) is 20.6. The van der Waals surface area contributed by atoms with Crippen molar-refractivity contribution in [2.75, 3.05) is 0 Å². The van der Waals surface area contributed by atoms with Gasteiger partial charge in [-0.3, -0.25) is 0 Å². The lowest BCUT2D eigenvalue weighted by Gasteiger charge is -2.17. The zero-order valence-electron chi connectivity index (χ0n) is 10.9. The lowest BCUT2D eigenvalue weighted by Crippen LogP contribution is -2.18. The van der Waals surface area contributed by atoms with Crippen molar-refractivity contribution in [2.24, 2.45) is 0 Å². The van der Waals surface area contributed by atoms with E-state index in [-0.39, 0.29) is 0 Å². The molecule has 0 unspecified atom stereocenters. The Morgan fingerprint density at radius 1 is 1.00 bits per heavy atom. The van der Waals surface area contributed by atoms with E-state index in [2.05, 4.69) is 26.3 Å². The summed E-state index contributed by atoms with van der Waals surface area (Å²) in [5.41, 5.74) is 2.41. The Kier molecular flexibility index (Phi) is 3.42. The first-order valence-electron chi connectivity index (χ1n) is 5.51. The van der Waals surface area contributed by atoms with E-state index < -0.39 is 5.67 Å². The van der Waals surface area contributed by atoms with Crippen LogP contribution in [-0.4, -0.2) is 5.67 Å². The number of allylic oxidation sites excluding steroid dienone is 8. The summed E-state index contributed by atoms with van der Waals surface area (Å²) < 4.78 is 14.8. The maximum atomic E-state index is 14.8. The summed E-state index contributed by atoms with van der Waals surface area (Å²) in [6, 6.07) is 0. The monoisotopic (exact) mass is 230 g/mol. The largest absolute Gasteiger partial charge is 0.234 e. The molecular formula is C16H19F. The second kappa shape index (κ2) is 4.33. The molecule has 1 saturated carbocycles. The van der Waals surface area contributed by atoms with Crippen molar-refractivity contribution in [3.63, 3.8) is 0 Å². The third kappa shape index (κ3) is 2.38. The molecule has 0 spiro atoms. The maximum Gasteiger partial charge on any atom is 0.159 e. The molecule has 0 aromatic heterocycles. The van der Waals surface area contributed by atoms with Gasteiger partial charge in [-0.25, -0.2) is 4.39 Å². The molecule has 1 rings (SSSR count). The molecule has 0 bridgehead atoms. The second-order valence-corrected chi connectivity index (χ2v) is 4.77. The van der Waals surface area contributed by atoms with Gasteiger partial charge < -0.3 is 0 Å². The zero-order chi connectivity index (χ0) is 13.4. The Morgan fingerprint density at radius 2 is 1.29 bits per heavy atom. The van der Waals surface area contributed by atoms with Crippen LogP contribution in [0.15, 0.2) is 71.9 Å². The van der Waals surface area contributed by atoms with Crippen molar-refractivity contribution in [3.05, 3.63) is 71.9 Å². The van der Waals surface area contributed by atoms with Crippen LogP contribution in [0.1, 0.15) is 20.8 Å². The van der Waals surface area contributed by atoms with E-state index in [1.807, 2.05) is 13.8 Å². The van der Waals surface area contributed by atoms with E-state index in [0.717, 1.165) is 11.1 Å². The minimum Gasteiger partial charge on any atom is -0.234 e. The molecule has 1 heteroatoms. The third-order valence-electron chi connectivity index (χ3n) is 2.81. The molecule has 0 aromatic rings. The summed E-state index contributed by atoms with van der Waals surface area (Å²) in [4.78, 5) is 0.